The van der Waals surface area contributed by atoms with Crippen molar-refractivity contribution in [2.75, 3.05) is 16.8 Å². The van der Waals surface area contributed by atoms with E-state index in [0.717, 1.165) is 35.2 Å². The molecule has 1 N–H and O–H groups in total. The molecule has 0 saturated heterocycles. The van der Waals surface area contributed by atoms with Crippen LogP contribution in [0.3, 0.4) is 0 Å². The second-order valence-corrected chi connectivity index (χ2v) is 19.4. The standard InChI is InChI=1S/C50H52N8O4S2/c1-6-29(3)41-47(61)57-43(54-41)34-20-12-14-22-36(34)53-50(57)64-40(45(59)51-33-18-9-8-10-19-33)26-25-30(4)31(5)42-48(62)58-44(55-42)35-21-13-15-23-37(35)52-49(58)63-39(7-2)46(60)56-28-27-32-17-11-16-24-38(32)56/h8-24,29-31,39-42H,6-7,25-28H2,1-5H3,(H,51,59). The molecule has 4 amide bonds. The van der Waals surface area contributed by atoms with Crippen LogP contribution < -0.4 is 10.2 Å². The molecule has 64 heavy (non-hydrogen) atoms. The van der Waals surface area contributed by atoms with E-state index in [9.17, 15) is 19.2 Å². The van der Waals surface area contributed by atoms with Crippen LogP contribution in [0.1, 0.15) is 77.0 Å². The Hall–Kier alpha value is -5.86. The van der Waals surface area contributed by atoms with E-state index in [4.69, 9.17) is 20.0 Å². The summed E-state index contributed by atoms with van der Waals surface area (Å²) in [7, 11) is 0. The van der Waals surface area contributed by atoms with Gasteiger partial charge in [0.1, 0.15) is 23.8 Å². The number of carbonyl (C=O) groups is 4. The Kier molecular flexibility index (Phi) is 12.4. The SMILES string of the molecule is CCC(SC1=Nc2ccccc2C2=NC(C(C)C(C)CCC(SC3=Nc4ccccc4C4=NC(C(C)CC)C(=O)N34)C(=O)Nc3ccccc3)C(=O)N12)C(=O)N1CCc2ccccc21. The van der Waals surface area contributed by atoms with Crippen molar-refractivity contribution in [2.45, 2.75) is 89.3 Å². The molecule has 5 aliphatic heterocycles. The molecule has 0 fully saturated rings. The normalized spacial score (nSPS) is 20.7. The Labute approximate surface area is 382 Å². The molecule has 12 nitrogen and oxygen atoms in total. The highest BCUT2D eigenvalue weighted by molar-refractivity contribution is 8.15. The van der Waals surface area contributed by atoms with Crippen molar-refractivity contribution in [2.24, 2.45) is 37.7 Å². The zero-order valence-electron chi connectivity index (χ0n) is 36.7. The first-order chi connectivity index (χ1) is 31.1. The summed E-state index contributed by atoms with van der Waals surface area (Å²) in [4.78, 5) is 82.4. The van der Waals surface area contributed by atoms with Gasteiger partial charge < -0.3 is 10.2 Å². The average Bonchev–Trinajstić information content (AvgIpc) is 4.02. The third-order valence-electron chi connectivity index (χ3n) is 13.1. The predicted octanol–water partition coefficient (Wildman–Crippen LogP) is 9.24. The Bertz CT molecular complexity index is 2630. The number of hydrogen-bond donors (Lipinski definition) is 1. The van der Waals surface area contributed by atoms with Crippen molar-refractivity contribution < 1.29 is 19.2 Å². The fourth-order valence-corrected chi connectivity index (χ4v) is 11.1. The van der Waals surface area contributed by atoms with E-state index in [1.54, 1.807) is 9.80 Å². The van der Waals surface area contributed by atoms with Crippen molar-refractivity contribution in [1.82, 2.24) is 9.80 Å². The highest BCUT2D eigenvalue weighted by Crippen LogP contribution is 2.41. The molecule has 328 valence electrons. The summed E-state index contributed by atoms with van der Waals surface area (Å²) < 4.78 is 0. The van der Waals surface area contributed by atoms with E-state index < -0.39 is 22.6 Å². The van der Waals surface area contributed by atoms with Gasteiger partial charge in [0, 0.05) is 29.0 Å². The molecule has 4 aromatic rings. The molecule has 14 heteroatoms. The van der Waals surface area contributed by atoms with E-state index in [2.05, 4.69) is 25.2 Å². The van der Waals surface area contributed by atoms with E-state index >= 15 is 0 Å². The van der Waals surface area contributed by atoms with Gasteiger partial charge in [-0.3, -0.25) is 29.2 Å². The number of carbonyl (C=O) groups excluding carboxylic acids is 4. The van der Waals surface area contributed by atoms with Crippen LogP contribution in [0.2, 0.25) is 0 Å². The lowest BCUT2D eigenvalue weighted by Crippen LogP contribution is -2.45. The summed E-state index contributed by atoms with van der Waals surface area (Å²) in [5.41, 5.74) is 5.75. The van der Waals surface area contributed by atoms with Crippen molar-refractivity contribution in [3.63, 3.8) is 0 Å². The van der Waals surface area contributed by atoms with Crippen molar-refractivity contribution in [3.05, 3.63) is 120 Å². The maximum absolute atomic E-state index is 14.7. The van der Waals surface area contributed by atoms with Crippen LogP contribution in [0, 0.1) is 17.8 Å². The average molecular weight is 893 g/mol. The highest BCUT2D eigenvalue weighted by Gasteiger charge is 2.47. The molecule has 0 aromatic heterocycles. The minimum absolute atomic E-state index is 0.00255. The van der Waals surface area contributed by atoms with Gasteiger partial charge in [-0.05, 0) is 91.5 Å². The summed E-state index contributed by atoms with van der Waals surface area (Å²) in [6.07, 6.45) is 3.18. The molecule has 0 radical (unpaired) electrons. The number of amides is 4. The number of anilines is 2. The molecular weight excluding hydrogens is 841 g/mol. The maximum Gasteiger partial charge on any atom is 0.259 e. The third kappa shape index (κ3) is 8.10. The summed E-state index contributed by atoms with van der Waals surface area (Å²) >= 11 is 2.61. The van der Waals surface area contributed by atoms with Gasteiger partial charge in [0.05, 0.1) is 21.9 Å². The molecule has 4 aromatic carbocycles. The number of amidine groups is 4. The first-order valence-corrected chi connectivity index (χ1v) is 24.1. The topological polar surface area (TPSA) is 139 Å². The molecule has 5 aliphatic rings. The molecule has 5 heterocycles. The number of para-hydroxylation sites is 4. The second-order valence-electron chi connectivity index (χ2n) is 17.1. The fraction of sp³-hybridized carbons (Fsp3) is 0.360. The molecular formula is C50H52N8O4S2. The van der Waals surface area contributed by atoms with Crippen molar-refractivity contribution in [3.8, 4) is 0 Å². The van der Waals surface area contributed by atoms with Crippen LogP contribution in [0.5, 0.6) is 0 Å². The predicted molar refractivity (Wildman–Crippen MR) is 259 cm³/mol. The van der Waals surface area contributed by atoms with Crippen molar-refractivity contribution >= 4 is 91.9 Å². The minimum Gasteiger partial charge on any atom is -0.325 e. The van der Waals surface area contributed by atoms with Crippen LogP contribution in [0.15, 0.2) is 123 Å². The lowest BCUT2D eigenvalue weighted by atomic mass is 9.85. The number of nitrogens with zero attached hydrogens (tertiary/aromatic N) is 7. The second kappa shape index (κ2) is 18.3. The number of benzene rings is 4. The van der Waals surface area contributed by atoms with E-state index in [-0.39, 0.29) is 41.4 Å². The molecule has 0 bridgehead atoms. The van der Waals surface area contributed by atoms with Crippen LogP contribution in [-0.2, 0) is 25.6 Å². The van der Waals surface area contributed by atoms with Gasteiger partial charge in [-0.15, -0.1) is 0 Å². The van der Waals surface area contributed by atoms with Gasteiger partial charge in [0.15, 0.2) is 10.3 Å². The van der Waals surface area contributed by atoms with Gasteiger partial charge in [-0.1, -0.05) is 125 Å². The van der Waals surface area contributed by atoms with E-state index in [0.29, 0.717) is 64.9 Å². The molecule has 9 rings (SSSR count). The summed E-state index contributed by atoms with van der Waals surface area (Å²) in [5, 5.41) is 2.88. The zero-order chi connectivity index (χ0) is 44.6. The molecule has 7 unspecified atom stereocenters. The third-order valence-corrected chi connectivity index (χ3v) is 15.6. The summed E-state index contributed by atoms with van der Waals surface area (Å²) in [5.74, 6) is 0.363. The van der Waals surface area contributed by atoms with E-state index in [1.807, 2.05) is 123 Å². The van der Waals surface area contributed by atoms with Crippen LogP contribution in [-0.4, -0.2) is 84.6 Å². The molecule has 7 atom stereocenters. The number of thioether (sulfide) groups is 2. The van der Waals surface area contributed by atoms with Crippen LogP contribution in [0.4, 0.5) is 22.7 Å². The largest absolute Gasteiger partial charge is 0.325 e. The lowest BCUT2D eigenvalue weighted by Gasteiger charge is -2.30. The number of hydrogen-bond acceptors (Lipinski definition) is 10. The van der Waals surface area contributed by atoms with Gasteiger partial charge in [-0.2, -0.15) is 0 Å². The lowest BCUT2D eigenvalue weighted by molar-refractivity contribution is -0.126. The first kappa shape index (κ1) is 43.4. The Morgan fingerprint density at radius 3 is 1.89 bits per heavy atom. The number of aliphatic imine (C=N–C) groups is 4. The highest BCUT2D eigenvalue weighted by atomic mass is 32.2. The van der Waals surface area contributed by atoms with Gasteiger partial charge in [0.25, 0.3) is 11.8 Å². The van der Waals surface area contributed by atoms with Gasteiger partial charge in [-0.25, -0.2) is 19.8 Å². The molecule has 0 aliphatic carbocycles. The van der Waals surface area contributed by atoms with Gasteiger partial charge >= 0.3 is 0 Å². The molecule has 0 spiro atoms. The maximum atomic E-state index is 14.7. The smallest absolute Gasteiger partial charge is 0.259 e. The fourth-order valence-electron chi connectivity index (χ4n) is 8.91. The Morgan fingerprint density at radius 1 is 0.688 bits per heavy atom. The summed E-state index contributed by atoms with van der Waals surface area (Å²) in [6.45, 7) is 10.9. The monoisotopic (exact) mass is 892 g/mol. The minimum atomic E-state index is -0.704. The van der Waals surface area contributed by atoms with Crippen molar-refractivity contribution in [1.29, 1.82) is 0 Å². The zero-order valence-corrected chi connectivity index (χ0v) is 38.3. The number of rotatable bonds is 13. The summed E-state index contributed by atoms with van der Waals surface area (Å²) in [6, 6.07) is 31.5. The Balaban J connectivity index is 0.951. The Morgan fingerprint density at radius 2 is 1.25 bits per heavy atom. The van der Waals surface area contributed by atoms with E-state index in [1.165, 1.54) is 23.5 Å². The van der Waals surface area contributed by atoms with Gasteiger partial charge in [0.2, 0.25) is 11.8 Å². The van der Waals surface area contributed by atoms with Crippen LogP contribution >= 0.6 is 23.5 Å². The number of nitrogens with one attached hydrogen (secondary N) is 1. The van der Waals surface area contributed by atoms with Crippen LogP contribution in [0.25, 0.3) is 0 Å². The quantitative estimate of drug-likeness (QED) is 0.142. The first-order valence-electron chi connectivity index (χ1n) is 22.3. The number of fused-ring (bicyclic) bond motifs is 7. The molecule has 0 saturated carbocycles.